The number of likely N-dealkylation sites (tertiary alicyclic amines) is 2. The molecule has 24 heavy (non-hydrogen) atoms. The molecular weight excluding hydrogens is 349 g/mol. The lowest BCUT2D eigenvalue weighted by molar-refractivity contribution is -0.158. The van der Waals surface area contributed by atoms with Crippen molar-refractivity contribution >= 4 is 30.7 Å². The number of rotatable bonds is 3. The number of methoxy groups -OCH3 is 1. The molecule has 0 aliphatic carbocycles. The predicted molar refractivity (Wildman–Crippen MR) is 101 cm³/mol. The van der Waals surface area contributed by atoms with Gasteiger partial charge < -0.3 is 19.9 Å². The number of amides is 1. The van der Waals surface area contributed by atoms with E-state index in [0.29, 0.717) is 6.04 Å². The molecule has 3 aliphatic rings. The minimum Gasteiger partial charge on any atom is -0.368 e. The molecule has 0 aromatic carbocycles. The SMILES string of the molecule is COC1(C(=O)N2CCCC(N3CCCC3)CC2)CCNCC1.Cl.Cl. The molecule has 1 unspecified atom stereocenters. The van der Waals surface area contributed by atoms with Gasteiger partial charge in [0, 0.05) is 26.2 Å². The van der Waals surface area contributed by atoms with E-state index < -0.39 is 5.60 Å². The van der Waals surface area contributed by atoms with Crippen LogP contribution in [0, 0.1) is 0 Å². The van der Waals surface area contributed by atoms with E-state index >= 15 is 0 Å². The molecule has 3 aliphatic heterocycles. The maximum Gasteiger partial charge on any atom is 0.254 e. The van der Waals surface area contributed by atoms with Crippen molar-refractivity contribution in [2.45, 2.75) is 56.6 Å². The number of nitrogens with one attached hydrogen (secondary N) is 1. The summed E-state index contributed by atoms with van der Waals surface area (Å²) in [6.45, 7) is 6.08. The fraction of sp³-hybridized carbons (Fsp3) is 0.941. The normalized spacial score (nSPS) is 27.7. The average Bonchev–Trinajstić information content (AvgIpc) is 2.99. The van der Waals surface area contributed by atoms with Crippen LogP contribution in [0.15, 0.2) is 0 Å². The first-order valence-electron chi connectivity index (χ1n) is 9.04. The van der Waals surface area contributed by atoms with Crippen LogP contribution in [0.5, 0.6) is 0 Å². The van der Waals surface area contributed by atoms with Gasteiger partial charge >= 0.3 is 0 Å². The number of carbonyl (C=O) groups excluding carboxylic acids is 1. The predicted octanol–water partition coefficient (Wildman–Crippen LogP) is 2.08. The maximum absolute atomic E-state index is 13.0. The van der Waals surface area contributed by atoms with E-state index in [4.69, 9.17) is 4.74 Å². The highest BCUT2D eigenvalue weighted by molar-refractivity contribution is 5.86. The summed E-state index contributed by atoms with van der Waals surface area (Å²) in [7, 11) is 1.70. The first-order chi connectivity index (χ1) is 10.7. The number of hydrogen-bond acceptors (Lipinski definition) is 4. The van der Waals surface area contributed by atoms with Crippen molar-refractivity contribution in [3.05, 3.63) is 0 Å². The quantitative estimate of drug-likeness (QED) is 0.812. The molecular formula is C17H33Cl2N3O2. The van der Waals surface area contributed by atoms with Crippen molar-refractivity contribution in [2.75, 3.05) is 46.4 Å². The van der Waals surface area contributed by atoms with Gasteiger partial charge in [0.1, 0.15) is 5.60 Å². The van der Waals surface area contributed by atoms with E-state index in [-0.39, 0.29) is 30.7 Å². The molecule has 1 amide bonds. The van der Waals surface area contributed by atoms with E-state index in [1.165, 1.54) is 32.4 Å². The Kier molecular flexibility index (Phi) is 9.31. The standard InChI is InChI=1S/C17H31N3O2.2ClH/c1-22-17(7-9-18-10-8-17)16(21)20-13-4-5-15(6-14-20)19-11-2-3-12-19;;/h15,18H,2-14H2,1H3;2*1H. The van der Waals surface area contributed by atoms with Gasteiger partial charge in [-0.1, -0.05) is 0 Å². The van der Waals surface area contributed by atoms with E-state index in [1.54, 1.807) is 7.11 Å². The highest BCUT2D eigenvalue weighted by Crippen LogP contribution is 2.28. The van der Waals surface area contributed by atoms with Crippen LogP contribution in [-0.2, 0) is 9.53 Å². The van der Waals surface area contributed by atoms with Gasteiger partial charge in [-0.2, -0.15) is 0 Å². The Morgan fingerprint density at radius 1 is 1.00 bits per heavy atom. The topological polar surface area (TPSA) is 44.8 Å². The third-order valence-electron chi connectivity index (χ3n) is 5.83. The molecule has 0 aromatic heterocycles. The van der Waals surface area contributed by atoms with Crippen molar-refractivity contribution in [3.63, 3.8) is 0 Å². The number of nitrogens with zero attached hydrogens (tertiary/aromatic N) is 2. The van der Waals surface area contributed by atoms with Crippen LogP contribution >= 0.6 is 24.8 Å². The van der Waals surface area contributed by atoms with Crippen LogP contribution in [-0.4, -0.2) is 73.7 Å². The Morgan fingerprint density at radius 2 is 1.67 bits per heavy atom. The van der Waals surface area contributed by atoms with Gasteiger partial charge in [0.2, 0.25) is 0 Å². The second-order valence-electron chi connectivity index (χ2n) is 7.07. The fourth-order valence-electron chi connectivity index (χ4n) is 4.38. The summed E-state index contributed by atoms with van der Waals surface area (Å²) in [5.41, 5.74) is -0.571. The molecule has 5 nitrogen and oxygen atoms in total. The van der Waals surface area contributed by atoms with Gasteiger partial charge in [0.25, 0.3) is 5.91 Å². The number of ether oxygens (including phenoxy) is 1. The van der Waals surface area contributed by atoms with Gasteiger partial charge in [0.05, 0.1) is 0 Å². The second-order valence-corrected chi connectivity index (χ2v) is 7.07. The Balaban J connectivity index is 0.00000144. The molecule has 3 rings (SSSR count). The molecule has 0 saturated carbocycles. The zero-order valence-corrected chi connectivity index (χ0v) is 16.4. The Bertz CT molecular complexity index is 386. The van der Waals surface area contributed by atoms with E-state index in [0.717, 1.165) is 51.9 Å². The first-order valence-corrected chi connectivity index (χ1v) is 9.04. The number of halogens is 2. The number of carbonyl (C=O) groups is 1. The van der Waals surface area contributed by atoms with Gasteiger partial charge in [-0.3, -0.25) is 4.79 Å². The van der Waals surface area contributed by atoms with Crippen LogP contribution in [0.25, 0.3) is 0 Å². The average molecular weight is 382 g/mol. The van der Waals surface area contributed by atoms with E-state index in [9.17, 15) is 4.79 Å². The third-order valence-corrected chi connectivity index (χ3v) is 5.83. The van der Waals surface area contributed by atoms with Crippen molar-refractivity contribution in [3.8, 4) is 0 Å². The Morgan fingerprint density at radius 3 is 2.29 bits per heavy atom. The summed E-state index contributed by atoms with van der Waals surface area (Å²) in [5, 5.41) is 3.33. The van der Waals surface area contributed by atoms with Crippen LogP contribution in [0.2, 0.25) is 0 Å². The lowest BCUT2D eigenvalue weighted by atomic mass is 9.90. The van der Waals surface area contributed by atoms with Gasteiger partial charge in [-0.15, -0.1) is 24.8 Å². The van der Waals surface area contributed by atoms with Crippen molar-refractivity contribution in [2.24, 2.45) is 0 Å². The summed E-state index contributed by atoms with van der Waals surface area (Å²) in [6.07, 6.45) is 7.79. The zero-order valence-electron chi connectivity index (χ0n) is 14.8. The minimum atomic E-state index is -0.571. The molecule has 0 radical (unpaired) electrons. The number of hydrogen-bond donors (Lipinski definition) is 1. The molecule has 1 N–H and O–H groups in total. The largest absolute Gasteiger partial charge is 0.368 e. The summed E-state index contributed by atoms with van der Waals surface area (Å²) >= 11 is 0. The highest BCUT2D eigenvalue weighted by Gasteiger charge is 2.42. The molecule has 0 spiro atoms. The zero-order chi connectivity index (χ0) is 15.4. The van der Waals surface area contributed by atoms with E-state index in [1.807, 2.05) is 0 Å². The molecule has 3 fully saturated rings. The lowest BCUT2D eigenvalue weighted by Gasteiger charge is -2.38. The second kappa shape index (κ2) is 10.2. The molecule has 142 valence electrons. The first kappa shape index (κ1) is 22.0. The monoisotopic (exact) mass is 381 g/mol. The smallest absolute Gasteiger partial charge is 0.254 e. The van der Waals surface area contributed by atoms with Gasteiger partial charge in [0.15, 0.2) is 0 Å². The summed E-state index contributed by atoms with van der Waals surface area (Å²) in [5.74, 6) is 0.235. The molecule has 3 saturated heterocycles. The Hall–Kier alpha value is -0.0700. The molecule has 0 bridgehead atoms. The lowest BCUT2D eigenvalue weighted by Crippen LogP contribution is -2.55. The number of piperidine rings is 1. The van der Waals surface area contributed by atoms with Crippen molar-refractivity contribution in [1.82, 2.24) is 15.1 Å². The molecule has 3 heterocycles. The van der Waals surface area contributed by atoms with E-state index in [2.05, 4.69) is 15.1 Å². The van der Waals surface area contributed by atoms with Gasteiger partial charge in [-0.05, 0) is 71.1 Å². The molecule has 1 atom stereocenters. The van der Waals surface area contributed by atoms with Crippen LogP contribution in [0.4, 0.5) is 0 Å². The van der Waals surface area contributed by atoms with Gasteiger partial charge in [-0.25, -0.2) is 0 Å². The van der Waals surface area contributed by atoms with Crippen LogP contribution < -0.4 is 5.32 Å². The summed E-state index contributed by atoms with van der Waals surface area (Å²) < 4.78 is 5.72. The van der Waals surface area contributed by atoms with Crippen molar-refractivity contribution in [1.29, 1.82) is 0 Å². The van der Waals surface area contributed by atoms with Crippen LogP contribution in [0.1, 0.15) is 44.9 Å². The summed E-state index contributed by atoms with van der Waals surface area (Å²) in [6, 6.07) is 0.687. The fourth-order valence-corrected chi connectivity index (χ4v) is 4.38. The molecule has 0 aromatic rings. The van der Waals surface area contributed by atoms with Crippen LogP contribution in [0.3, 0.4) is 0 Å². The van der Waals surface area contributed by atoms with Crippen molar-refractivity contribution < 1.29 is 9.53 Å². The Labute approximate surface area is 158 Å². The summed E-state index contributed by atoms with van der Waals surface area (Å²) in [4.78, 5) is 17.8. The minimum absolute atomic E-state index is 0. The molecule has 7 heteroatoms. The highest BCUT2D eigenvalue weighted by atomic mass is 35.5. The third kappa shape index (κ3) is 4.76. The maximum atomic E-state index is 13.0.